The molecule has 0 amide bonds. The number of halogens is 6. The number of hydrogen-bond donors (Lipinski definition) is 2. The van der Waals surface area contributed by atoms with Crippen LogP contribution < -0.4 is 0 Å². The van der Waals surface area contributed by atoms with Gasteiger partial charge in [0.2, 0.25) is 0 Å². The molecule has 136 valence electrons. The molecule has 0 aliphatic carbocycles. The molecule has 0 saturated heterocycles. The number of aliphatic carboxylic acids is 2. The molecule has 2 atom stereocenters. The maximum atomic E-state index is 12.7. The lowest BCUT2D eigenvalue weighted by atomic mass is 10.0. The Morgan fingerprint density at radius 3 is 1.70 bits per heavy atom. The number of carbonyl (C=O) groups is 2. The van der Waals surface area contributed by atoms with E-state index in [1.54, 1.807) is 0 Å². The van der Waals surface area contributed by atoms with E-state index in [2.05, 4.69) is 9.47 Å². The summed E-state index contributed by atoms with van der Waals surface area (Å²) >= 11 is 0. The Morgan fingerprint density at radius 2 is 1.35 bits per heavy atom. The van der Waals surface area contributed by atoms with E-state index in [9.17, 15) is 35.9 Å². The van der Waals surface area contributed by atoms with Gasteiger partial charge in [0.1, 0.15) is 0 Å². The molecule has 0 aliphatic rings. The third kappa shape index (κ3) is 7.50. The Bertz CT molecular complexity index is 393. The highest BCUT2D eigenvalue weighted by Gasteiger charge is 2.52. The summed E-state index contributed by atoms with van der Waals surface area (Å²) < 4.78 is 82.8. The van der Waals surface area contributed by atoms with Crippen LogP contribution in [-0.4, -0.2) is 59.9 Å². The standard InChI is InChI=1S/C11H14F6O6/c1-5(10(12,13)14)22-3-2-4-23-7(11(15,16)17)6(8(18)19)9(20)21/h5-7H,2-4H2,1H3,(H,18,19)(H,20,21). The van der Waals surface area contributed by atoms with Gasteiger partial charge in [0.25, 0.3) is 0 Å². The van der Waals surface area contributed by atoms with Crippen molar-refractivity contribution in [1.82, 2.24) is 0 Å². The van der Waals surface area contributed by atoms with Gasteiger partial charge in [0, 0.05) is 13.2 Å². The maximum Gasteiger partial charge on any atom is 0.416 e. The fraction of sp³-hybridized carbons (Fsp3) is 0.818. The quantitative estimate of drug-likeness (QED) is 0.373. The van der Waals surface area contributed by atoms with Crippen LogP contribution in [0.2, 0.25) is 0 Å². The van der Waals surface area contributed by atoms with Crippen molar-refractivity contribution in [2.75, 3.05) is 13.2 Å². The average molecular weight is 356 g/mol. The molecule has 6 nitrogen and oxygen atoms in total. The number of ether oxygens (including phenoxy) is 2. The lowest BCUT2D eigenvalue weighted by molar-refractivity contribution is -0.242. The van der Waals surface area contributed by atoms with Crippen LogP contribution in [0.3, 0.4) is 0 Å². The van der Waals surface area contributed by atoms with E-state index in [-0.39, 0.29) is 0 Å². The van der Waals surface area contributed by atoms with Gasteiger partial charge in [-0.2, -0.15) is 26.3 Å². The van der Waals surface area contributed by atoms with Gasteiger partial charge in [0.05, 0.1) is 0 Å². The van der Waals surface area contributed by atoms with Crippen LogP contribution in [-0.2, 0) is 19.1 Å². The minimum Gasteiger partial charge on any atom is -0.481 e. The molecule has 23 heavy (non-hydrogen) atoms. The van der Waals surface area contributed by atoms with Crippen molar-refractivity contribution in [3.05, 3.63) is 0 Å². The highest BCUT2D eigenvalue weighted by molar-refractivity contribution is 5.93. The van der Waals surface area contributed by atoms with E-state index in [1.807, 2.05) is 0 Å². The van der Waals surface area contributed by atoms with Crippen molar-refractivity contribution < 1.29 is 55.6 Å². The fourth-order valence-electron chi connectivity index (χ4n) is 1.37. The van der Waals surface area contributed by atoms with Gasteiger partial charge >= 0.3 is 24.3 Å². The molecule has 0 bridgehead atoms. The van der Waals surface area contributed by atoms with Crippen LogP contribution in [0.4, 0.5) is 26.3 Å². The molecule has 0 rings (SSSR count). The second kappa shape index (κ2) is 8.34. The van der Waals surface area contributed by atoms with Gasteiger partial charge in [0.15, 0.2) is 18.1 Å². The zero-order valence-electron chi connectivity index (χ0n) is 11.6. The van der Waals surface area contributed by atoms with Crippen LogP contribution >= 0.6 is 0 Å². The summed E-state index contributed by atoms with van der Waals surface area (Å²) in [5.41, 5.74) is 0. The molecule has 0 aromatic carbocycles. The number of alkyl halides is 6. The SMILES string of the molecule is CC(OCCCOC(C(C(=O)O)C(=O)O)C(F)(F)F)C(F)(F)F. The van der Waals surface area contributed by atoms with Gasteiger partial charge < -0.3 is 19.7 Å². The average Bonchev–Trinajstić information content (AvgIpc) is 2.33. The summed E-state index contributed by atoms with van der Waals surface area (Å²) in [5, 5.41) is 17.1. The summed E-state index contributed by atoms with van der Waals surface area (Å²) in [6, 6.07) is 0. The molecule has 2 N–H and O–H groups in total. The Labute approximate surface area is 126 Å². The lowest BCUT2D eigenvalue weighted by Gasteiger charge is -2.24. The topological polar surface area (TPSA) is 93.1 Å². The first-order valence-electron chi connectivity index (χ1n) is 6.10. The molecular weight excluding hydrogens is 342 g/mol. The van der Waals surface area contributed by atoms with E-state index in [1.165, 1.54) is 0 Å². The molecule has 0 saturated carbocycles. The molecule has 0 aromatic rings. The summed E-state index contributed by atoms with van der Waals surface area (Å²) in [4.78, 5) is 21.2. The zero-order valence-corrected chi connectivity index (χ0v) is 11.6. The molecule has 2 unspecified atom stereocenters. The molecule has 0 spiro atoms. The van der Waals surface area contributed by atoms with Crippen LogP contribution in [0.5, 0.6) is 0 Å². The summed E-state index contributed by atoms with van der Waals surface area (Å²) in [6.45, 7) is -0.730. The van der Waals surface area contributed by atoms with Gasteiger partial charge in [-0.05, 0) is 13.3 Å². The van der Waals surface area contributed by atoms with Crippen LogP contribution in [0.1, 0.15) is 13.3 Å². The monoisotopic (exact) mass is 356 g/mol. The van der Waals surface area contributed by atoms with Crippen molar-refractivity contribution in [1.29, 1.82) is 0 Å². The first kappa shape index (κ1) is 21.4. The molecule has 12 heteroatoms. The Morgan fingerprint density at radius 1 is 0.913 bits per heavy atom. The predicted octanol–water partition coefficient (Wildman–Crippen LogP) is 2.08. The normalized spacial score (nSPS) is 15.5. The van der Waals surface area contributed by atoms with Crippen LogP contribution in [0, 0.1) is 5.92 Å². The molecule has 0 radical (unpaired) electrons. The summed E-state index contributed by atoms with van der Waals surface area (Å²) in [6.07, 6.45) is -15.6. The van der Waals surface area contributed by atoms with Gasteiger partial charge in [-0.25, -0.2) is 0 Å². The second-order valence-corrected chi connectivity index (χ2v) is 4.40. The van der Waals surface area contributed by atoms with Gasteiger partial charge in [-0.3, -0.25) is 9.59 Å². The smallest absolute Gasteiger partial charge is 0.416 e. The van der Waals surface area contributed by atoms with E-state index in [4.69, 9.17) is 10.2 Å². The number of rotatable bonds is 9. The van der Waals surface area contributed by atoms with E-state index >= 15 is 0 Å². The Balaban J connectivity index is 4.55. The minimum absolute atomic E-state index is 0.418. The Hall–Kier alpha value is -1.56. The van der Waals surface area contributed by atoms with Crippen molar-refractivity contribution in [3.63, 3.8) is 0 Å². The lowest BCUT2D eigenvalue weighted by Crippen LogP contribution is -2.46. The van der Waals surface area contributed by atoms with Crippen molar-refractivity contribution >= 4 is 11.9 Å². The molecule has 0 heterocycles. The summed E-state index contributed by atoms with van der Waals surface area (Å²) in [5.74, 6) is -7.38. The van der Waals surface area contributed by atoms with E-state index in [0.717, 1.165) is 0 Å². The number of hydrogen-bond acceptors (Lipinski definition) is 4. The number of carboxylic acid groups (broad SMARTS) is 2. The maximum absolute atomic E-state index is 12.7. The molecular formula is C11H14F6O6. The summed E-state index contributed by atoms with van der Waals surface area (Å²) in [7, 11) is 0. The van der Waals surface area contributed by atoms with Crippen LogP contribution in [0.15, 0.2) is 0 Å². The largest absolute Gasteiger partial charge is 0.481 e. The highest BCUT2D eigenvalue weighted by atomic mass is 19.4. The van der Waals surface area contributed by atoms with Crippen molar-refractivity contribution in [2.24, 2.45) is 5.92 Å². The molecule has 0 aromatic heterocycles. The first-order chi connectivity index (χ1) is 10.3. The third-order valence-electron chi connectivity index (χ3n) is 2.57. The van der Waals surface area contributed by atoms with Gasteiger partial charge in [-0.1, -0.05) is 0 Å². The van der Waals surface area contributed by atoms with E-state index in [0.29, 0.717) is 6.92 Å². The predicted molar refractivity (Wildman–Crippen MR) is 60.6 cm³/mol. The highest BCUT2D eigenvalue weighted by Crippen LogP contribution is 2.29. The van der Waals surface area contributed by atoms with E-state index < -0.39 is 62.1 Å². The Kier molecular flexibility index (Phi) is 7.77. The fourth-order valence-corrected chi connectivity index (χ4v) is 1.37. The number of carboxylic acids is 2. The third-order valence-corrected chi connectivity index (χ3v) is 2.57. The second-order valence-electron chi connectivity index (χ2n) is 4.40. The van der Waals surface area contributed by atoms with Crippen LogP contribution in [0.25, 0.3) is 0 Å². The first-order valence-corrected chi connectivity index (χ1v) is 6.10. The molecule has 0 aliphatic heterocycles. The molecule has 0 fully saturated rings. The minimum atomic E-state index is -5.28. The zero-order chi connectivity index (χ0) is 18.4. The van der Waals surface area contributed by atoms with Gasteiger partial charge in [-0.15, -0.1) is 0 Å². The van der Waals surface area contributed by atoms with Crippen molar-refractivity contribution in [2.45, 2.75) is 37.9 Å². The van der Waals surface area contributed by atoms with Crippen molar-refractivity contribution in [3.8, 4) is 0 Å².